The van der Waals surface area contributed by atoms with Gasteiger partial charge in [-0.15, -0.1) is 0 Å². The number of carbonyl (C=O) groups excluding carboxylic acids is 6. The van der Waals surface area contributed by atoms with E-state index in [1.807, 2.05) is 0 Å². The Labute approximate surface area is 310 Å². The van der Waals surface area contributed by atoms with Crippen LogP contribution >= 0.6 is 0 Å². The standard InChI is InChI=1S/C35H58N6O12/c1-24(12-18-42)21-30(44)39(50)15-6-9-27-33(47)37-28(34(48)36-27)10-7-16-40(51)32(46)23-26(3)14-20-53-35(49)29(38(4)5)11-8-17-41(52)31(45)22-25(2)13-19-43/h21-23,27-29,42-43,50-52H,6-20H2,1-5H3,(H,36,48)(H,37,47)/b24-21-,25-22+,26-23-. The molecule has 1 saturated heterocycles. The molecule has 0 aromatic rings. The minimum absolute atomic E-state index is 0.00714. The molecule has 5 amide bonds. The Kier molecular flexibility index (Phi) is 22.0. The normalized spacial score (nSPS) is 17.2. The van der Waals surface area contributed by atoms with Crippen LogP contribution in [0.3, 0.4) is 0 Å². The molecule has 3 atom stereocenters. The number of carbonyl (C=O) groups is 6. The summed E-state index contributed by atoms with van der Waals surface area (Å²) in [5.74, 6) is -3.36. The van der Waals surface area contributed by atoms with Crippen LogP contribution in [0.5, 0.6) is 0 Å². The number of aliphatic hydroxyl groups excluding tert-OH is 2. The Morgan fingerprint density at radius 2 is 1.06 bits per heavy atom. The number of aliphatic hydroxyl groups is 2. The second-order valence-corrected chi connectivity index (χ2v) is 13.2. The maximum atomic E-state index is 12.7. The minimum Gasteiger partial charge on any atom is -0.464 e. The molecule has 0 spiro atoms. The van der Waals surface area contributed by atoms with E-state index < -0.39 is 53.6 Å². The van der Waals surface area contributed by atoms with Crippen molar-refractivity contribution in [3.63, 3.8) is 0 Å². The van der Waals surface area contributed by atoms with Crippen molar-refractivity contribution in [2.45, 2.75) is 96.7 Å². The van der Waals surface area contributed by atoms with Gasteiger partial charge in [0.15, 0.2) is 0 Å². The van der Waals surface area contributed by atoms with Crippen molar-refractivity contribution >= 4 is 35.5 Å². The van der Waals surface area contributed by atoms with Crippen LogP contribution in [0.1, 0.15) is 78.6 Å². The molecule has 3 unspecified atom stereocenters. The molecule has 1 rings (SSSR count). The Morgan fingerprint density at radius 3 is 1.43 bits per heavy atom. The third-order valence-corrected chi connectivity index (χ3v) is 8.36. The maximum Gasteiger partial charge on any atom is 0.323 e. The van der Waals surface area contributed by atoms with Crippen LogP contribution in [-0.4, -0.2) is 153 Å². The fourth-order valence-corrected chi connectivity index (χ4v) is 5.16. The average molecular weight is 755 g/mol. The van der Waals surface area contributed by atoms with Gasteiger partial charge < -0.3 is 25.6 Å². The van der Waals surface area contributed by atoms with Crippen molar-refractivity contribution in [3.05, 3.63) is 34.9 Å². The number of likely N-dealkylation sites (N-methyl/N-ethyl adjacent to an activating group) is 1. The summed E-state index contributed by atoms with van der Waals surface area (Å²) in [6, 6.07) is -2.36. The van der Waals surface area contributed by atoms with Gasteiger partial charge in [-0.2, -0.15) is 0 Å². The lowest BCUT2D eigenvalue weighted by Gasteiger charge is -2.30. The Balaban J connectivity index is 2.43. The summed E-state index contributed by atoms with van der Waals surface area (Å²) in [5, 5.41) is 54.8. The van der Waals surface area contributed by atoms with E-state index in [0.717, 1.165) is 0 Å². The zero-order valence-corrected chi connectivity index (χ0v) is 31.5. The first-order valence-electron chi connectivity index (χ1n) is 17.7. The quantitative estimate of drug-likeness (QED) is 0.0306. The molecule has 53 heavy (non-hydrogen) atoms. The van der Waals surface area contributed by atoms with E-state index in [-0.39, 0.29) is 71.6 Å². The molecule has 1 heterocycles. The highest BCUT2D eigenvalue weighted by atomic mass is 16.5. The highest BCUT2D eigenvalue weighted by Gasteiger charge is 2.33. The van der Waals surface area contributed by atoms with E-state index in [2.05, 4.69) is 10.6 Å². The predicted octanol–water partition coefficient (Wildman–Crippen LogP) is 0.431. The van der Waals surface area contributed by atoms with Gasteiger partial charge in [-0.3, -0.25) is 49.3 Å². The summed E-state index contributed by atoms with van der Waals surface area (Å²) in [6.07, 6.45) is 5.83. The van der Waals surface area contributed by atoms with Gasteiger partial charge in [0.05, 0.1) is 6.61 Å². The molecule has 1 aliphatic heterocycles. The van der Waals surface area contributed by atoms with Crippen molar-refractivity contribution in [1.29, 1.82) is 0 Å². The van der Waals surface area contributed by atoms with Crippen molar-refractivity contribution in [1.82, 2.24) is 30.7 Å². The Morgan fingerprint density at radius 1 is 0.679 bits per heavy atom. The fourth-order valence-electron chi connectivity index (χ4n) is 5.16. The van der Waals surface area contributed by atoms with Gasteiger partial charge in [-0.1, -0.05) is 16.7 Å². The smallest absolute Gasteiger partial charge is 0.323 e. The van der Waals surface area contributed by atoms with Crippen LogP contribution in [0.2, 0.25) is 0 Å². The summed E-state index contributed by atoms with van der Waals surface area (Å²) in [7, 11) is 3.39. The van der Waals surface area contributed by atoms with Crippen LogP contribution in [-0.2, 0) is 33.5 Å². The minimum atomic E-state index is -0.871. The summed E-state index contributed by atoms with van der Waals surface area (Å²) in [6.45, 7) is 4.50. The van der Waals surface area contributed by atoms with E-state index in [1.54, 1.807) is 39.8 Å². The summed E-state index contributed by atoms with van der Waals surface area (Å²) in [5.41, 5.74) is 1.76. The number of hydrogen-bond donors (Lipinski definition) is 7. The van der Waals surface area contributed by atoms with E-state index in [4.69, 9.17) is 14.9 Å². The molecule has 7 N–H and O–H groups in total. The Bertz CT molecular complexity index is 1330. The van der Waals surface area contributed by atoms with Crippen molar-refractivity contribution < 1.29 is 59.3 Å². The monoisotopic (exact) mass is 754 g/mol. The number of rotatable bonds is 24. The molecule has 300 valence electrons. The Hall–Kier alpha value is -4.20. The first-order chi connectivity index (χ1) is 25.0. The van der Waals surface area contributed by atoms with Crippen LogP contribution in [0.4, 0.5) is 0 Å². The van der Waals surface area contributed by atoms with Gasteiger partial charge >= 0.3 is 5.97 Å². The van der Waals surface area contributed by atoms with E-state index in [0.29, 0.717) is 57.6 Å². The van der Waals surface area contributed by atoms with Crippen LogP contribution in [0, 0.1) is 0 Å². The van der Waals surface area contributed by atoms with Crippen LogP contribution in [0.15, 0.2) is 34.9 Å². The van der Waals surface area contributed by atoms with Crippen molar-refractivity contribution in [2.75, 3.05) is 53.6 Å². The van der Waals surface area contributed by atoms with Gasteiger partial charge in [-0.25, -0.2) is 15.2 Å². The first kappa shape index (κ1) is 46.8. The second-order valence-electron chi connectivity index (χ2n) is 13.2. The second kappa shape index (κ2) is 24.9. The summed E-state index contributed by atoms with van der Waals surface area (Å²) in [4.78, 5) is 76.0. The number of esters is 1. The van der Waals surface area contributed by atoms with Crippen molar-refractivity contribution in [2.24, 2.45) is 0 Å². The number of hydrogen-bond acceptors (Lipinski definition) is 13. The fraction of sp³-hybridized carbons (Fsp3) is 0.657. The lowest BCUT2D eigenvalue weighted by atomic mass is 10.0. The van der Waals surface area contributed by atoms with E-state index >= 15 is 0 Å². The predicted molar refractivity (Wildman–Crippen MR) is 190 cm³/mol. The number of hydroxylamine groups is 6. The summed E-state index contributed by atoms with van der Waals surface area (Å²) < 4.78 is 5.39. The highest BCUT2D eigenvalue weighted by Crippen LogP contribution is 2.12. The van der Waals surface area contributed by atoms with Crippen LogP contribution < -0.4 is 10.6 Å². The average Bonchev–Trinajstić information content (AvgIpc) is 3.08. The van der Waals surface area contributed by atoms with E-state index in [1.165, 1.54) is 18.2 Å². The summed E-state index contributed by atoms with van der Waals surface area (Å²) >= 11 is 0. The molecule has 0 aromatic carbocycles. The SMILES string of the molecule is C/C(=C/C(=O)N(O)CCCC1NC(=O)C(CCCN(O)C(=O)/C=C(/C)CCOC(=O)C(CCCN(O)C(=O)/C=C(\C)CCO)N(C)C)NC1=O)CCO. The lowest BCUT2D eigenvalue weighted by molar-refractivity contribution is -0.160. The molecule has 1 aliphatic rings. The molecule has 0 saturated carbocycles. The number of amides is 5. The maximum absolute atomic E-state index is 12.7. The molecule has 1 fully saturated rings. The van der Waals surface area contributed by atoms with Gasteiger partial charge in [-0.05, 0) is 86.2 Å². The molecule has 0 aliphatic carbocycles. The molecule has 18 heteroatoms. The number of piperazine rings is 1. The molecular formula is C35H58N6O12. The van der Waals surface area contributed by atoms with Gasteiger partial charge in [0.2, 0.25) is 11.8 Å². The molecule has 0 aromatic heterocycles. The third kappa shape index (κ3) is 18.4. The number of nitrogens with one attached hydrogen (secondary N) is 2. The number of ether oxygens (including phenoxy) is 1. The first-order valence-corrected chi connectivity index (χ1v) is 17.7. The van der Waals surface area contributed by atoms with Crippen LogP contribution in [0.25, 0.3) is 0 Å². The van der Waals surface area contributed by atoms with Crippen molar-refractivity contribution in [3.8, 4) is 0 Å². The zero-order valence-electron chi connectivity index (χ0n) is 31.5. The molecule has 0 bridgehead atoms. The number of nitrogens with zero attached hydrogens (tertiary/aromatic N) is 4. The zero-order chi connectivity index (χ0) is 40.1. The van der Waals surface area contributed by atoms with Gasteiger partial charge in [0.1, 0.15) is 18.1 Å². The van der Waals surface area contributed by atoms with Gasteiger partial charge in [0, 0.05) is 57.5 Å². The largest absolute Gasteiger partial charge is 0.464 e. The molecule has 0 radical (unpaired) electrons. The van der Waals surface area contributed by atoms with Gasteiger partial charge in [0.25, 0.3) is 17.7 Å². The highest BCUT2D eigenvalue weighted by molar-refractivity contribution is 5.97. The lowest BCUT2D eigenvalue weighted by Crippen LogP contribution is -2.61. The van der Waals surface area contributed by atoms with E-state index in [9.17, 15) is 44.4 Å². The third-order valence-electron chi connectivity index (χ3n) is 8.36. The molecule has 18 nitrogen and oxygen atoms in total. The molecular weight excluding hydrogens is 696 g/mol. The topological polar surface area (TPSA) is 250 Å².